The predicted molar refractivity (Wildman–Crippen MR) is 82.3 cm³/mol. The van der Waals surface area contributed by atoms with Crippen LogP contribution in [0.25, 0.3) is 0 Å². The minimum atomic E-state index is -4.13. The number of nitrogens with zero attached hydrogens (tertiary/aromatic N) is 1. The van der Waals surface area contributed by atoms with Crippen molar-refractivity contribution < 1.29 is 27.3 Å². The van der Waals surface area contributed by atoms with E-state index in [1.165, 1.54) is 31.2 Å². The van der Waals surface area contributed by atoms with Crippen LogP contribution in [0.2, 0.25) is 0 Å². The van der Waals surface area contributed by atoms with Gasteiger partial charge in [0.15, 0.2) is 0 Å². The Kier molecular flexibility index (Phi) is 4.88. The summed E-state index contributed by atoms with van der Waals surface area (Å²) in [6.45, 7) is 3.12. The quantitative estimate of drug-likeness (QED) is 0.775. The van der Waals surface area contributed by atoms with Crippen LogP contribution < -0.4 is 11.1 Å². The molecule has 10 heteroatoms. The number of aromatic nitrogens is 1. The Morgan fingerprint density at radius 3 is 2.46 bits per heavy atom. The van der Waals surface area contributed by atoms with Gasteiger partial charge in [-0.05, 0) is 38.1 Å². The molecule has 0 aliphatic rings. The number of carbonyl (C=O) groups is 2. The number of hydrogen-bond acceptors (Lipinski definition) is 7. The van der Waals surface area contributed by atoms with Crippen molar-refractivity contribution in [3.05, 3.63) is 35.5 Å². The molecule has 3 N–H and O–H groups in total. The van der Waals surface area contributed by atoms with Crippen molar-refractivity contribution in [2.75, 3.05) is 11.9 Å². The van der Waals surface area contributed by atoms with Gasteiger partial charge in [0.2, 0.25) is 9.84 Å². The van der Waals surface area contributed by atoms with Gasteiger partial charge in [0, 0.05) is 5.69 Å². The number of ether oxygens (including phenoxy) is 1. The van der Waals surface area contributed by atoms with Crippen LogP contribution in [0.5, 0.6) is 0 Å². The van der Waals surface area contributed by atoms with E-state index in [0.29, 0.717) is 5.69 Å². The van der Waals surface area contributed by atoms with Crippen molar-refractivity contribution in [1.29, 1.82) is 0 Å². The maximum absolute atomic E-state index is 12.7. The van der Waals surface area contributed by atoms with Crippen LogP contribution in [0.3, 0.4) is 0 Å². The first kappa shape index (κ1) is 17.5. The van der Waals surface area contributed by atoms with E-state index in [2.05, 4.69) is 10.5 Å². The highest BCUT2D eigenvalue weighted by atomic mass is 32.2. The fraction of sp³-hybridized carbons (Fsp3) is 0.214. The summed E-state index contributed by atoms with van der Waals surface area (Å²) in [5.74, 6) is -0.832. The third-order valence-electron chi connectivity index (χ3n) is 2.99. The van der Waals surface area contributed by atoms with Gasteiger partial charge in [-0.2, -0.15) is 0 Å². The number of amides is 2. The van der Waals surface area contributed by atoms with Gasteiger partial charge in [-0.1, -0.05) is 5.16 Å². The maximum Gasteiger partial charge on any atom is 0.344 e. The number of anilines is 1. The van der Waals surface area contributed by atoms with Crippen molar-refractivity contribution in [3.63, 3.8) is 0 Å². The average Bonchev–Trinajstić information content (AvgIpc) is 2.90. The first-order valence-electron chi connectivity index (χ1n) is 6.82. The lowest BCUT2D eigenvalue weighted by atomic mass is 10.3. The Labute approximate surface area is 137 Å². The normalized spacial score (nSPS) is 11.1. The lowest BCUT2D eigenvalue weighted by Crippen LogP contribution is -2.19. The molecular formula is C14H15N3O6S. The standard InChI is InChI=1S/C14H15N3O6S/c1-3-22-12(18)11-8(2)17-23-13(11)24(20,21)10-6-4-9(5-7-10)16-14(15)19/h4-7H,3H2,1-2H3,(H3,15,16,19). The molecule has 0 atom stereocenters. The number of nitrogens with one attached hydrogen (secondary N) is 1. The second kappa shape index (κ2) is 6.71. The molecule has 0 aliphatic carbocycles. The van der Waals surface area contributed by atoms with E-state index in [-0.39, 0.29) is 22.8 Å². The first-order chi connectivity index (χ1) is 11.3. The fourth-order valence-corrected chi connectivity index (χ4v) is 3.28. The Balaban J connectivity index is 2.44. The number of urea groups is 1. The molecule has 0 saturated carbocycles. The van der Waals surface area contributed by atoms with E-state index < -0.39 is 26.9 Å². The maximum atomic E-state index is 12.7. The summed E-state index contributed by atoms with van der Waals surface area (Å²) in [6, 6.07) is 4.41. The highest BCUT2D eigenvalue weighted by Crippen LogP contribution is 2.27. The smallest absolute Gasteiger partial charge is 0.344 e. The molecule has 2 aromatic rings. The molecule has 128 valence electrons. The van der Waals surface area contributed by atoms with Gasteiger partial charge >= 0.3 is 12.0 Å². The van der Waals surface area contributed by atoms with Crippen LogP contribution >= 0.6 is 0 Å². The van der Waals surface area contributed by atoms with Crippen LogP contribution in [-0.4, -0.2) is 32.2 Å². The molecule has 0 unspecified atom stereocenters. The van der Waals surface area contributed by atoms with Crippen LogP contribution in [0.4, 0.5) is 10.5 Å². The zero-order valence-electron chi connectivity index (χ0n) is 12.9. The second-order valence-corrected chi connectivity index (χ2v) is 6.52. The van der Waals surface area contributed by atoms with E-state index in [9.17, 15) is 18.0 Å². The summed E-state index contributed by atoms with van der Waals surface area (Å²) < 4.78 is 35.0. The van der Waals surface area contributed by atoms with Crippen molar-refractivity contribution >= 4 is 27.5 Å². The van der Waals surface area contributed by atoms with Crippen molar-refractivity contribution in [2.45, 2.75) is 23.8 Å². The molecule has 0 fully saturated rings. The number of primary amides is 1. The number of nitrogens with two attached hydrogens (primary N) is 1. The highest BCUT2D eigenvalue weighted by molar-refractivity contribution is 7.91. The molecule has 0 saturated heterocycles. The molecule has 9 nitrogen and oxygen atoms in total. The number of sulfone groups is 1. The fourth-order valence-electron chi connectivity index (χ4n) is 1.93. The Morgan fingerprint density at radius 1 is 1.29 bits per heavy atom. The van der Waals surface area contributed by atoms with Gasteiger partial charge in [-0.15, -0.1) is 0 Å². The summed E-state index contributed by atoms with van der Waals surface area (Å²) in [4.78, 5) is 22.6. The van der Waals surface area contributed by atoms with Crippen molar-refractivity contribution in [2.24, 2.45) is 5.73 Å². The van der Waals surface area contributed by atoms with E-state index in [0.717, 1.165) is 0 Å². The minimum Gasteiger partial charge on any atom is -0.462 e. The zero-order valence-corrected chi connectivity index (χ0v) is 13.7. The zero-order chi connectivity index (χ0) is 17.9. The Bertz CT molecular complexity index is 870. The summed E-state index contributed by atoms with van der Waals surface area (Å²) in [5, 5.41) is 5.26. The average molecular weight is 353 g/mol. The van der Waals surface area contributed by atoms with Gasteiger partial charge in [0.05, 0.1) is 17.2 Å². The van der Waals surface area contributed by atoms with E-state index in [1.54, 1.807) is 6.92 Å². The lowest BCUT2D eigenvalue weighted by molar-refractivity contribution is 0.0518. The molecule has 1 aromatic carbocycles. The Hall–Kier alpha value is -2.88. The van der Waals surface area contributed by atoms with Crippen LogP contribution in [0, 0.1) is 6.92 Å². The summed E-state index contributed by atoms with van der Waals surface area (Å²) in [6.07, 6.45) is 0. The third-order valence-corrected chi connectivity index (χ3v) is 4.65. The topological polar surface area (TPSA) is 142 Å². The number of hydrogen-bond donors (Lipinski definition) is 2. The van der Waals surface area contributed by atoms with E-state index in [4.69, 9.17) is 15.0 Å². The largest absolute Gasteiger partial charge is 0.462 e. The Morgan fingerprint density at radius 2 is 1.92 bits per heavy atom. The van der Waals surface area contributed by atoms with E-state index in [1.807, 2.05) is 0 Å². The monoisotopic (exact) mass is 353 g/mol. The molecule has 0 spiro atoms. The van der Waals surface area contributed by atoms with E-state index >= 15 is 0 Å². The molecule has 2 rings (SSSR count). The summed E-state index contributed by atoms with van der Waals surface area (Å²) >= 11 is 0. The number of benzene rings is 1. The molecule has 2 amide bonds. The van der Waals surface area contributed by atoms with Gasteiger partial charge < -0.3 is 20.3 Å². The van der Waals surface area contributed by atoms with Crippen LogP contribution in [-0.2, 0) is 14.6 Å². The van der Waals surface area contributed by atoms with Gasteiger partial charge in [0.25, 0.3) is 5.09 Å². The highest BCUT2D eigenvalue weighted by Gasteiger charge is 2.32. The van der Waals surface area contributed by atoms with Crippen molar-refractivity contribution in [1.82, 2.24) is 5.16 Å². The van der Waals surface area contributed by atoms with Crippen LogP contribution in [0.15, 0.2) is 38.8 Å². The third kappa shape index (κ3) is 3.38. The summed E-state index contributed by atoms with van der Waals surface area (Å²) in [5.41, 5.74) is 5.17. The first-order valence-corrected chi connectivity index (χ1v) is 8.30. The summed E-state index contributed by atoms with van der Waals surface area (Å²) in [7, 11) is -4.13. The number of carbonyl (C=O) groups excluding carboxylic acids is 2. The molecule has 0 radical (unpaired) electrons. The molecule has 24 heavy (non-hydrogen) atoms. The predicted octanol–water partition coefficient (Wildman–Crippen LogP) is 1.48. The van der Waals surface area contributed by atoms with Gasteiger partial charge in [-0.25, -0.2) is 18.0 Å². The lowest BCUT2D eigenvalue weighted by Gasteiger charge is -2.06. The number of aryl methyl sites for hydroxylation is 1. The second-order valence-electron chi connectivity index (χ2n) is 4.67. The molecule has 1 heterocycles. The SMILES string of the molecule is CCOC(=O)c1c(C)noc1S(=O)(=O)c1ccc(NC(N)=O)cc1. The van der Waals surface area contributed by atoms with Gasteiger partial charge in [-0.3, -0.25) is 0 Å². The number of rotatable bonds is 5. The van der Waals surface area contributed by atoms with Gasteiger partial charge in [0.1, 0.15) is 5.56 Å². The number of esters is 1. The molecular weight excluding hydrogens is 338 g/mol. The van der Waals surface area contributed by atoms with Crippen molar-refractivity contribution in [3.8, 4) is 0 Å². The molecule has 0 aliphatic heterocycles. The minimum absolute atomic E-state index is 0.0798. The molecule has 0 bridgehead atoms. The molecule has 1 aromatic heterocycles. The van der Waals surface area contributed by atoms with Crippen LogP contribution in [0.1, 0.15) is 23.0 Å².